The molecule has 28 heavy (non-hydrogen) atoms. The smallest absolute Gasteiger partial charge is 0.330 e. The lowest BCUT2D eigenvalue weighted by atomic mass is 10.1. The van der Waals surface area contributed by atoms with Gasteiger partial charge in [0.1, 0.15) is 11.5 Å². The molecule has 0 bridgehead atoms. The second-order valence-electron chi connectivity index (χ2n) is 5.69. The van der Waals surface area contributed by atoms with Crippen LogP contribution >= 0.6 is 0 Å². The lowest BCUT2D eigenvalue weighted by Gasteiger charge is -2.05. The molecule has 0 aliphatic rings. The van der Waals surface area contributed by atoms with Crippen LogP contribution in [0, 0.1) is 0 Å². The van der Waals surface area contributed by atoms with Crippen molar-refractivity contribution < 1.29 is 23.8 Å². The number of rotatable bonds is 8. The number of hydrogen-bond acceptors (Lipinski definition) is 8. The monoisotopic (exact) mass is 382 g/mol. The Morgan fingerprint density at radius 2 is 1.75 bits per heavy atom. The van der Waals surface area contributed by atoms with E-state index in [1.807, 2.05) is 0 Å². The van der Waals surface area contributed by atoms with Crippen LogP contribution in [0.15, 0.2) is 48.5 Å². The zero-order chi connectivity index (χ0) is 19.9. The molecule has 0 N–H and O–H groups in total. The van der Waals surface area contributed by atoms with Crippen molar-refractivity contribution in [3.63, 3.8) is 0 Å². The summed E-state index contributed by atoms with van der Waals surface area (Å²) in [6.45, 7) is -0.630. The van der Waals surface area contributed by atoms with E-state index in [1.165, 1.54) is 7.11 Å². The second kappa shape index (κ2) is 8.76. The van der Waals surface area contributed by atoms with Crippen LogP contribution < -0.4 is 9.47 Å². The number of hydrogen-bond donors (Lipinski definition) is 0. The third-order valence-corrected chi connectivity index (χ3v) is 3.83. The van der Waals surface area contributed by atoms with Crippen molar-refractivity contribution in [1.82, 2.24) is 20.2 Å². The SMILES string of the molecule is COc1ccc(C(=O)COC(=O)Cn2nnc(-c3cccc(OC)c3)n2)cc1. The van der Waals surface area contributed by atoms with Gasteiger partial charge in [0.05, 0.1) is 14.2 Å². The molecule has 0 unspecified atom stereocenters. The lowest BCUT2D eigenvalue weighted by Crippen LogP contribution is -2.19. The molecule has 1 heterocycles. The molecule has 0 radical (unpaired) electrons. The van der Waals surface area contributed by atoms with Gasteiger partial charge < -0.3 is 14.2 Å². The number of tetrazole rings is 1. The highest BCUT2D eigenvalue weighted by Crippen LogP contribution is 2.19. The summed E-state index contributed by atoms with van der Waals surface area (Å²) in [5.74, 6) is 0.681. The Bertz CT molecular complexity index is 968. The summed E-state index contributed by atoms with van der Waals surface area (Å²) in [5, 5.41) is 11.9. The van der Waals surface area contributed by atoms with E-state index in [0.29, 0.717) is 28.5 Å². The van der Waals surface area contributed by atoms with Gasteiger partial charge in [-0.15, -0.1) is 10.2 Å². The van der Waals surface area contributed by atoms with E-state index < -0.39 is 5.97 Å². The van der Waals surface area contributed by atoms with E-state index >= 15 is 0 Å². The largest absolute Gasteiger partial charge is 0.497 e. The summed E-state index contributed by atoms with van der Waals surface area (Å²) in [6.07, 6.45) is 0. The molecule has 3 aromatic rings. The molecule has 2 aromatic carbocycles. The van der Waals surface area contributed by atoms with Crippen molar-refractivity contribution in [3.8, 4) is 22.9 Å². The van der Waals surface area contributed by atoms with Crippen molar-refractivity contribution in [1.29, 1.82) is 0 Å². The summed E-state index contributed by atoms with van der Waals surface area (Å²) < 4.78 is 15.2. The number of Topliss-reactive ketones (excluding diaryl/α,β-unsaturated/α-hetero) is 1. The summed E-state index contributed by atoms with van der Waals surface area (Å²) in [6, 6.07) is 13.7. The Balaban J connectivity index is 1.54. The first-order chi connectivity index (χ1) is 13.6. The number of methoxy groups -OCH3 is 2. The van der Waals surface area contributed by atoms with Crippen LogP contribution in [0.1, 0.15) is 10.4 Å². The maximum Gasteiger partial charge on any atom is 0.330 e. The van der Waals surface area contributed by atoms with E-state index in [1.54, 1.807) is 55.6 Å². The highest BCUT2D eigenvalue weighted by Gasteiger charge is 2.13. The van der Waals surface area contributed by atoms with Gasteiger partial charge in [0.25, 0.3) is 0 Å². The van der Waals surface area contributed by atoms with Crippen LogP contribution in [-0.2, 0) is 16.1 Å². The Labute approximate surface area is 160 Å². The maximum absolute atomic E-state index is 12.1. The van der Waals surface area contributed by atoms with Crippen molar-refractivity contribution >= 4 is 11.8 Å². The molecule has 0 aliphatic carbocycles. The van der Waals surface area contributed by atoms with Gasteiger partial charge in [-0.1, -0.05) is 12.1 Å². The third-order valence-electron chi connectivity index (χ3n) is 3.83. The van der Waals surface area contributed by atoms with Crippen LogP contribution in [0.2, 0.25) is 0 Å². The lowest BCUT2D eigenvalue weighted by molar-refractivity contribution is -0.143. The summed E-state index contributed by atoms with van der Waals surface area (Å²) in [5.41, 5.74) is 1.13. The molecule has 1 aromatic heterocycles. The van der Waals surface area contributed by atoms with Gasteiger partial charge in [0, 0.05) is 11.1 Å². The molecule has 3 rings (SSSR count). The van der Waals surface area contributed by atoms with Crippen molar-refractivity contribution in [2.45, 2.75) is 6.54 Å². The van der Waals surface area contributed by atoms with E-state index in [4.69, 9.17) is 14.2 Å². The minimum absolute atomic E-state index is 0.257. The Morgan fingerprint density at radius 3 is 2.46 bits per heavy atom. The number of ether oxygens (including phenoxy) is 3. The zero-order valence-electron chi connectivity index (χ0n) is 15.4. The first-order valence-corrected chi connectivity index (χ1v) is 8.34. The predicted molar refractivity (Wildman–Crippen MR) is 98.1 cm³/mol. The fourth-order valence-electron chi connectivity index (χ4n) is 2.36. The number of carbonyl (C=O) groups excluding carboxylic acids is 2. The normalized spacial score (nSPS) is 10.4. The fourth-order valence-corrected chi connectivity index (χ4v) is 2.36. The van der Waals surface area contributed by atoms with E-state index in [9.17, 15) is 9.59 Å². The fraction of sp³-hybridized carbons (Fsp3) is 0.211. The molecule has 0 amide bonds. The molecular formula is C19H18N4O5. The molecule has 0 saturated heterocycles. The van der Waals surface area contributed by atoms with Crippen molar-refractivity contribution in [3.05, 3.63) is 54.1 Å². The average molecular weight is 382 g/mol. The number of ketones is 1. The van der Waals surface area contributed by atoms with Crippen LogP contribution in [0.5, 0.6) is 11.5 Å². The second-order valence-corrected chi connectivity index (χ2v) is 5.69. The van der Waals surface area contributed by atoms with Crippen molar-refractivity contribution in [2.75, 3.05) is 20.8 Å². The van der Waals surface area contributed by atoms with Gasteiger partial charge >= 0.3 is 5.97 Å². The van der Waals surface area contributed by atoms with Gasteiger partial charge in [-0.25, -0.2) is 4.79 Å². The predicted octanol–water partition coefficient (Wildman–Crippen LogP) is 1.78. The number of benzene rings is 2. The Hall–Kier alpha value is -3.75. The quantitative estimate of drug-likeness (QED) is 0.429. The molecule has 0 spiro atoms. The molecule has 0 aliphatic heterocycles. The van der Waals surface area contributed by atoms with Gasteiger partial charge in [-0.2, -0.15) is 4.80 Å². The number of aromatic nitrogens is 4. The number of nitrogens with zero attached hydrogens (tertiary/aromatic N) is 4. The molecule has 9 heteroatoms. The van der Waals surface area contributed by atoms with Gasteiger partial charge in [0.2, 0.25) is 5.82 Å². The standard InChI is InChI=1S/C19H18N4O5/c1-26-15-8-6-13(7-9-15)17(24)12-28-18(25)11-23-21-19(20-22-23)14-4-3-5-16(10-14)27-2/h3-10H,11-12H2,1-2H3. The molecule has 0 atom stereocenters. The van der Waals surface area contributed by atoms with Crippen LogP contribution in [0.25, 0.3) is 11.4 Å². The van der Waals surface area contributed by atoms with Crippen LogP contribution in [0.4, 0.5) is 0 Å². The number of carbonyl (C=O) groups is 2. The number of esters is 1. The first-order valence-electron chi connectivity index (χ1n) is 8.34. The van der Waals surface area contributed by atoms with E-state index in [0.717, 1.165) is 4.80 Å². The van der Waals surface area contributed by atoms with E-state index in [2.05, 4.69) is 15.4 Å². The summed E-state index contributed by atoms with van der Waals surface area (Å²) >= 11 is 0. The van der Waals surface area contributed by atoms with Crippen LogP contribution in [-0.4, -0.2) is 52.8 Å². The van der Waals surface area contributed by atoms with Crippen LogP contribution in [0.3, 0.4) is 0 Å². The average Bonchev–Trinajstić information content (AvgIpc) is 3.20. The highest BCUT2D eigenvalue weighted by molar-refractivity contribution is 5.98. The molecule has 144 valence electrons. The maximum atomic E-state index is 12.1. The topological polar surface area (TPSA) is 105 Å². The Kier molecular flexibility index (Phi) is 5.95. The van der Waals surface area contributed by atoms with E-state index in [-0.39, 0.29) is 18.9 Å². The van der Waals surface area contributed by atoms with Crippen molar-refractivity contribution in [2.24, 2.45) is 0 Å². The molecule has 0 fully saturated rings. The third kappa shape index (κ3) is 4.70. The molecule has 0 saturated carbocycles. The first kappa shape index (κ1) is 19.0. The van der Waals surface area contributed by atoms with Gasteiger partial charge in [-0.05, 0) is 41.6 Å². The summed E-state index contributed by atoms with van der Waals surface area (Å²) in [4.78, 5) is 25.1. The Morgan fingerprint density at radius 1 is 1.00 bits per heavy atom. The molecular weight excluding hydrogens is 364 g/mol. The summed E-state index contributed by atoms with van der Waals surface area (Å²) in [7, 11) is 3.10. The minimum Gasteiger partial charge on any atom is -0.497 e. The van der Waals surface area contributed by atoms with Gasteiger partial charge in [0.15, 0.2) is 18.9 Å². The zero-order valence-corrected chi connectivity index (χ0v) is 15.4. The van der Waals surface area contributed by atoms with Gasteiger partial charge in [-0.3, -0.25) is 4.79 Å². The molecule has 9 nitrogen and oxygen atoms in total. The minimum atomic E-state index is -0.642. The highest BCUT2D eigenvalue weighted by atomic mass is 16.5.